The van der Waals surface area contributed by atoms with Crippen molar-refractivity contribution in [1.29, 1.82) is 0 Å². The number of ether oxygens (including phenoxy) is 1. The number of thioether (sulfide) groups is 1. The minimum absolute atomic E-state index is 0.859. The molecule has 12 heavy (non-hydrogen) atoms. The minimum Gasteiger partial charge on any atom is -0.493 e. The van der Waals surface area contributed by atoms with Crippen LogP contribution in [-0.2, 0) is 12.2 Å². The number of hydrogen-bond acceptors (Lipinski definition) is 2. The third kappa shape index (κ3) is 1.44. The van der Waals surface area contributed by atoms with Crippen molar-refractivity contribution in [2.75, 3.05) is 12.9 Å². The highest BCUT2D eigenvalue weighted by atomic mass is 32.2. The van der Waals surface area contributed by atoms with E-state index in [2.05, 4.69) is 24.5 Å². The fraction of sp³-hybridized carbons (Fsp3) is 0.400. The Bertz CT molecular complexity index is 283. The van der Waals surface area contributed by atoms with E-state index in [1.165, 1.54) is 11.1 Å². The monoisotopic (exact) mass is 180 g/mol. The lowest BCUT2D eigenvalue weighted by atomic mass is 10.1. The van der Waals surface area contributed by atoms with Crippen LogP contribution in [0.5, 0.6) is 5.75 Å². The Kier molecular flexibility index (Phi) is 2.26. The van der Waals surface area contributed by atoms with Crippen molar-refractivity contribution in [1.82, 2.24) is 0 Å². The van der Waals surface area contributed by atoms with Gasteiger partial charge in [0.05, 0.1) is 6.61 Å². The molecule has 2 rings (SSSR count). The molecule has 1 nitrogen and oxygen atoms in total. The molecule has 0 aliphatic carbocycles. The summed E-state index contributed by atoms with van der Waals surface area (Å²) in [6, 6.07) is 6.51. The Labute approximate surface area is 77.1 Å². The van der Waals surface area contributed by atoms with Crippen molar-refractivity contribution in [2.45, 2.75) is 12.2 Å². The summed E-state index contributed by atoms with van der Waals surface area (Å²) in [5, 5.41) is 0. The first-order valence-electron chi connectivity index (χ1n) is 4.13. The van der Waals surface area contributed by atoms with Gasteiger partial charge < -0.3 is 4.74 Å². The third-order valence-electron chi connectivity index (χ3n) is 2.06. The van der Waals surface area contributed by atoms with Crippen LogP contribution < -0.4 is 4.74 Å². The molecule has 0 atom stereocenters. The molecule has 0 bridgehead atoms. The molecule has 1 aromatic rings. The van der Waals surface area contributed by atoms with E-state index in [0.717, 1.165) is 24.5 Å². The van der Waals surface area contributed by atoms with Gasteiger partial charge in [-0.3, -0.25) is 0 Å². The van der Waals surface area contributed by atoms with Crippen LogP contribution in [0.25, 0.3) is 0 Å². The molecule has 2 heteroatoms. The molecule has 1 aliphatic rings. The van der Waals surface area contributed by atoms with Crippen LogP contribution in [0.2, 0.25) is 0 Å². The highest BCUT2D eigenvalue weighted by Gasteiger charge is 2.11. The molecule has 0 saturated carbocycles. The Morgan fingerprint density at radius 2 is 2.42 bits per heavy atom. The van der Waals surface area contributed by atoms with E-state index in [4.69, 9.17) is 4.74 Å². The lowest BCUT2D eigenvalue weighted by Gasteiger charge is -2.01. The first-order valence-corrected chi connectivity index (χ1v) is 5.53. The van der Waals surface area contributed by atoms with E-state index in [9.17, 15) is 0 Å². The molecule has 0 radical (unpaired) electrons. The molecule has 0 amide bonds. The fourth-order valence-electron chi connectivity index (χ4n) is 1.50. The SMILES string of the molecule is CSCc1ccc2c(c1)CCO2. The summed E-state index contributed by atoms with van der Waals surface area (Å²) >= 11 is 1.86. The van der Waals surface area contributed by atoms with Gasteiger partial charge in [0.2, 0.25) is 0 Å². The summed E-state index contributed by atoms with van der Waals surface area (Å²) in [5.74, 6) is 2.19. The third-order valence-corrected chi connectivity index (χ3v) is 2.69. The van der Waals surface area contributed by atoms with Crippen LogP contribution in [0.4, 0.5) is 0 Å². The maximum atomic E-state index is 5.42. The Hall–Kier alpha value is -0.630. The lowest BCUT2D eigenvalue weighted by molar-refractivity contribution is 0.357. The Morgan fingerprint density at radius 1 is 1.50 bits per heavy atom. The van der Waals surface area contributed by atoms with E-state index in [0.29, 0.717) is 0 Å². The highest BCUT2D eigenvalue weighted by molar-refractivity contribution is 7.97. The first kappa shape index (κ1) is 7.99. The summed E-state index contributed by atoms with van der Waals surface area (Å²) in [4.78, 5) is 0. The highest BCUT2D eigenvalue weighted by Crippen LogP contribution is 2.26. The molecule has 0 unspecified atom stereocenters. The predicted octanol–water partition coefficient (Wildman–Crippen LogP) is 2.48. The predicted molar refractivity (Wildman–Crippen MR) is 52.9 cm³/mol. The lowest BCUT2D eigenvalue weighted by Crippen LogP contribution is -1.85. The minimum atomic E-state index is 0.859. The van der Waals surface area contributed by atoms with E-state index in [1.54, 1.807) is 0 Å². The fourth-order valence-corrected chi connectivity index (χ4v) is 2.01. The molecule has 0 spiro atoms. The van der Waals surface area contributed by atoms with Gasteiger partial charge in [0, 0.05) is 12.2 Å². The number of hydrogen-bond donors (Lipinski definition) is 0. The van der Waals surface area contributed by atoms with Crippen LogP contribution in [0.15, 0.2) is 18.2 Å². The van der Waals surface area contributed by atoms with E-state index < -0.39 is 0 Å². The molecule has 64 valence electrons. The summed E-state index contributed by atoms with van der Waals surface area (Å²) in [6.45, 7) is 0.859. The van der Waals surface area contributed by atoms with Gasteiger partial charge in [-0.2, -0.15) is 11.8 Å². The van der Waals surface area contributed by atoms with Gasteiger partial charge in [-0.05, 0) is 23.4 Å². The van der Waals surface area contributed by atoms with Gasteiger partial charge in [-0.15, -0.1) is 0 Å². The average Bonchev–Trinajstić information content (AvgIpc) is 2.51. The van der Waals surface area contributed by atoms with E-state index >= 15 is 0 Å². The van der Waals surface area contributed by atoms with Crippen LogP contribution >= 0.6 is 11.8 Å². The second-order valence-electron chi connectivity index (χ2n) is 2.97. The molecular formula is C10H12OS. The standard InChI is InChI=1S/C10H12OS/c1-12-7-8-2-3-10-9(6-8)4-5-11-10/h2-3,6H,4-5,7H2,1H3. The van der Waals surface area contributed by atoms with Crippen molar-refractivity contribution in [3.05, 3.63) is 29.3 Å². The van der Waals surface area contributed by atoms with Gasteiger partial charge >= 0.3 is 0 Å². The smallest absolute Gasteiger partial charge is 0.122 e. The second kappa shape index (κ2) is 3.40. The van der Waals surface area contributed by atoms with E-state index in [-0.39, 0.29) is 0 Å². The van der Waals surface area contributed by atoms with Gasteiger partial charge in [-0.1, -0.05) is 12.1 Å². The van der Waals surface area contributed by atoms with Crippen molar-refractivity contribution in [3.63, 3.8) is 0 Å². The quantitative estimate of drug-likeness (QED) is 0.691. The topological polar surface area (TPSA) is 9.23 Å². The molecule has 1 aromatic carbocycles. The zero-order valence-electron chi connectivity index (χ0n) is 7.17. The number of rotatable bonds is 2. The van der Waals surface area contributed by atoms with Crippen LogP contribution in [0, 0.1) is 0 Å². The van der Waals surface area contributed by atoms with Crippen molar-refractivity contribution < 1.29 is 4.74 Å². The van der Waals surface area contributed by atoms with Crippen molar-refractivity contribution in [2.24, 2.45) is 0 Å². The van der Waals surface area contributed by atoms with Crippen LogP contribution in [0.3, 0.4) is 0 Å². The largest absolute Gasteiger partial charge is 0.493 e. The summed E-state index contributed by atoms with van der Waals surface area (Å²) in [6.07, 6.45) is 3.21. The normalized spacial score (nSPS) is 14.1. The maximum absolute atomic E-state index is 5.42. The summed E-state index contributed by atoms with van der Waals surface area (Å²) in [5.41, 5.74) is 2.79. The van der Waals surface area contributed by atoms with Crippen LogP contribution in [0.1, 0.15) is 11.1 Å². The zero-order chi connectivity index (χ0) is 8.39. The molecule has 0 fully saturated rings. The first-order chi connectivity index (χ1) is 5.90. The molecule has 1 heterocycles. The number of fused-ring (bicyclic) bond motifs is 1. The number of benzene rings is 1. The molecule has 0 saturated heterocycles. The molecule has 0 aromatic heterocycles. The van der Waals surface area contributed by atoms with Gasteiger partial charge in [0.1, 0.15) is 5.75 Å². The summed E-state index contributed by atoms with van der Waals surface area (Å²) < 4.78 is 5.42. The van der Waals surface area contributed by atoms with Gasteiger partial charge in [-0.25, -0.2) is 0 Å². The van der Waals surface area contributed by atoms with E-state index in [1.807, 2.05) is 11.8 Å². The molecule has 1 aliphatic heterocycles. The van der Waals surface area contributed by atoms with Crippen molar-refractivity contribution >= 4 is 11.8 Å². The molecule has 0 N–H and O–H groups in total. The van der Waals surface area contributed by atoms with Crippen LogP contribution in [-0.4, -0.2) is 12.9 Å². The second-order valence-corrected chi connectivity index (χ2v) is 3.84. The van der Waals surface area contributed by atoms with Gasteiger partial charge in [0.25, 0.3) is 0 Å². The maximum Gasteiger partial charge on any atom is 0.122 e. The van der Waals surface area contributed by atoms with Gasteiger partial charge in [0.15, 0.2) is 0 Å². The molecular weight excluding hydrogens is 168 g/mol. The summed E-state index contributed by atoms with van der Waals surface area (Å²) in [7, 11) is 0. The Morgan fingerprint density at radius 3 is 3.25 bits per heavy atom. The van der Waals surface area contributed by atoms with Crippen molar-refractivity contribution in [3.8, 4) is 5.75 Å². The Balaban J connectivity index is 2.26. The zero-order valence-corrected chi connectivity index (χ0v) is 7.99. The average molecular weight is 180 g/mol.